The zero-order valence-corrected chi connectivity index (χ0v) is 13.1. The summed E-state index contributed by atoms with van der Waals surface area (Å²) in [7, 11) is 3.18. The highest BCUT2D eigenvalue weighted by Crippen LogP contribution is 2.07. The third kappa shape index (κ3) is 5.10. The van der Waals surface area contributed by atoms with Crippen LogP contribution in [0.2, 0.25) is 0 Å². The van der Waals surface area contributed by atoms with Gasteiger partial charge < -0.3 is 15.0 Å². The van der Waals surface area contributed by atoms with Crippen LogP contribution in [0.4, 0.5) is 0 Å². The molecule has 1 atom stereocenters. The summed E-state index contributed by atoms with van der Waals surface area (Å²) < 4.78 is 4.67. The minimum Gasteiger partial charge on any atom is -0.469 e. The van der Waals surface area contributed by atoms with Crippen LogP contribution in [0.15, 0.2) is 4.99 Å². The number of methoxy groups -OCH3 is 1. The number of hydrogen-bond donors (Lipinski definition) is 1. The topological polar surface area (TPSA) is 53.9 Å². The minimum atomic E-state index is -0.190. The van der Waals surface area contributed by atoms with Crippen molar-refractivity contribution in [1.82, 2.24) is 10.2 Å². The van der Waals surface area contributed by atoms with Gasteiger partial charge in [-0.1, -0.05) is 6.92 Å². The van der Waals surface area contributed by atoms with Gasteiger partial charge in [0.05, 0.1) is 13.0 Å². The molecule has 0 aliphatic carbocycles. The van der Waals surface area contributed by atoms with Gasteiger partial charge in [0, 0.05) is 26.7 Å². The molecule has 0 aromatic carbocycles. The van der Waals surface area contributed by atoms with Crippen molar-refractivity contribution in [1.29, 1.82) is 0 Å². The number of likely N-dealkylation sites (tertiary alicyclic amines) is 1. The largest absolute Gasteiger partial charge is 0.469 e. The van der Waals surface area contributed by atoms with E-state index in [0.717, 1.165) is 19.0 Å². The Balaban J connectivity index is 0.00000256. The Hall–Kier alpha value is -0.530. The number of hydrogen-bond acceptors (Lipinski definition) is 3. The van der Waals surface area contributed by atoms with Gasteiger partial charge in [-0.05, 0) is 12.8 Å². The van der Waals surface area contributed by atoms with Crippen molar-refractivity contribution in [3.05, 3.63) is 0 Å². The molecule has 6 heteroatoms. The SMILES string of the molecule is CN=C(NCC(C)C(=O)OC)N1CCCC1.I. The molecule has 0 aromatic rings. The summed E-state index contributed by atoms with van der Waals surface area (Å²) >= 11 is 0. The summed E-state index contributed by atoms with van der Waals surface area (Å²) in [6, 6.07) is 0. The van der Waals surface area contributed by atoms with E-state index in [4.69, 9.17) is 0 Å². The molecule has 1 aliphatic heterocycles. The fourth-order valence-electron chi connectivity index (χ4n) is 1.79. The lowest BCUT2D eigenvalue weighted by atomic mass is 10.2. The number of carbonyl (C=O) groups is 1. The number of esters is 1. The van der Waals surface area contributed by atoms with Crippen LogP contribution in [0.3, 0.4) is 0 Å². The van der Waals surface area contributed by atoms with Gasteiger partial charge in [-0.15, -0.1) is 24.0 Å². The second-order valence-corrected chi connectivity index (χ2v) is 4.05. The van der Waals surface area contributed by atoms with Crippen molar-refractivity contribution in [2.45, 2.75) is 19.8 Å². The number of aliphatic imine (C=N–C) groups is 1. The van der Waals surface area contributed by atoms with Gasteiger partial charge in [-0.25, -0.2) is 0 Å². The number of nitrogens with one attached hydrogen (secondary N) is 1. The average molecular weight is 355 g/mol. The van der Waals surface area contributed by atoms with E-state index in [1.54, 1.807) is 7.05 Å². The Labute approximate surface area is 120 Å². The van der Waals surface area contributed by atoms with Gasteiger partial charge in [0.2, 0.25) is 0 Å². The quantitative estimate of drug-likeness (QED) is 0.356. The van der Waals surface area contributed by atoms with Gasteiger partial charge in [0.15, 0.2) is 5.96 Å². The van der Waals surface area contributed by atoms with Gasteiger partial charge in [0.1, 0.15) is 0 Å². The van der Waals surface area contributed by atoms with E-state index in [0.29, 0.717) is 6.54 Å². The van der Waals surface area contributed by atoms with Crippen molar-refractivity contribution >= 4 is 35.9 Å². The molecule has 100 valence electrons. The number of halogens is 1. The predicted octanol–water partition coefficient (Wildman–Crippen LogP) is 1.08. The average Bonchev–Trinajstić information content (AvgIpc) is 2.82. The van der Waals surface area contributed by atoms with Crippen molar-refractivity contribution in [2.75, 3.05) is 33.8 Å². The van der Waals surface area contributed by atoms with Gasteiger partial charge in [-0.3, -0.25) is 9.79 Å². The first-order valence-corrected chi connectivity index (χ1v) is 5.72. The van der Waals surface area contributed by atoms with Crippen molar-refractivity contribution < 1.29 is 9.53 Å². The summed E-state index contributed by atoms with van der Waals surface area (Å²) in [5, 5.41) is 3.20. The molecule has 0 aromatic heterocycles. The van der Waals surface area contributed by atoms with E-state index in [9.17, 15) is 4.79 Å². The van der Waals surface area contributed by atoms with Crippen LogP contribution >= 0.6 is 24.0 Å². The molecule has 1 N–H and O–H groups in total. The van der Waals surface area contributed by atoms with E-state index in [1.807, 2.05) is 6.92 Å². The van der Waals surface area contributed by atoms with Crippen LogP contribution in [0.5, 0.6) is 0 Å². The normalized spacial score (nSPS) is 17.4. The minimum absolute atomic E-state index is 0. The molecular formula is C11H22IN3O2. The molecule has 1 aliphatic rings. The van der Waals surface area contributed by atoms with Crippen LogP contribution in [-0.4, -0.2) is 50.6 Å². The fourth-order valence-corrected chi connectivity index (χ4v) is 1.79. The van der Waals surface area contributed by atoms with Gasteiger partial charge >= 0.3 is 5.97 Å². The Kier molecular flexibility index (Phi) is 8.28. The Bertz CT molecular complexity index is 265. The van der Waals surface area contributed by atoms with E-state index >= 15 is 0 Å². The monoisotopic (exact) mass is 355 g/mol. The molecule has 0 saturated carbocycles. The second-order valence-electron chi connectivity index (χ2n) is 4.05. The molecule has 0 radical (unpaired) electrons. The van der Waals surface area contributed by atoms with Crippen molar-refractivity contribution in [3.8, 4) is 0 Å². The lowest BCUT2D eigenvalue weighted by molar-refractivity contribution is -0.144. The third-order valence-corrected chi connectivity index (χ3v) is 2.79. The fraction of sp³-hybridized carbons (Fsp3) is 0.818. The van der Waals surface area contributed by atoms with Crippen LogP contribution in [0.25, 0.3) is 0 Å². The number of nitrogens with zero attached hydrogens (tertiary/aromatic N) is 2. The second kappa shape index (κ2) is 8.54. The Morgan fingerprint density at radius 3 is 2.53 bits per heavy atom. The Morgan fingerprint density at radius 1 is 1.47 bits per heavy atom. The highest BCUT2D eigenvalue weighted by Gasteiger charge is 2.18. The van der Waals surface area contributed by atoms with Crippen LogP contribution in [0.1, 0.15) is 19.8 Å². The Morgan fingerprint density at radius 2 is 2.06 bits per heavy atom. The third-order valence-electron chi connectivity index (χ3n) is 2.79. The first-order chi connectivity index (χ1) is 7.69. The van der Waals surface area contributed by atoms with E-state index < -0.39 is 0 Å². The summed E-state index contributed by atoms with van der Waals surface area (Å²) in [5.41, 5.74) is 0. The predicted molar refractivity (Wildman–Crippen MR) is 78.8 cm³/mol. The molecule has 0 amide bonds. The summed E-state index contributed by atoms with van der Waals surface area (Å²) in [6.07, 6.45) is 2.43. The van der Waals surface area contributed by atoms with Gasteiger partial charge in [-0.2, -0.15) is 0 Å². The molecule has 0 bridgehead atoms. The van der Waals surface area contributed by atoms with E-state index in [1.165, 1.54) is 20.0 Å². The zero-order valence-electron chi connectivity index (χ0n) is 10.7. The first-order valence-electron chi connectivity index (χ1n) is 5.72. The first kappa shape index (κ1) is 16.5. The van der Waals surface area contributed by atoms with E-state index in [2.05, 4.69) is 19.9 Å². The van der Waals surface area contributed by atoms with Crippen LogP contribution < -0.4 is 5.32 Å². The maximum Gasteiger partial charge on any atom is 0.310 e. The maximum atomic E-state index is 11.2. The van der Waals surface area contributed by atoms with Crippen LogP contribution in [0, 0.1) is 5.92 Å². The number of ether oxygens (including phenoxy) is 1. The smallest absolute Gasteiger partial charge is 0.310 e. The molecule has 1 fully saturated rings. The van der Waals surface area contributed by atoms with E-state index in [-0.39, 0.29) is 35.9 Å². The van der Waals surface area contributed by atoms with Gasteiger partial charge in [0.25, 0.3) is 0 Å². The molecule has 1 saturated heterocycles. The summed E-state index contributed by atoms with van der Waals surface area (Å²) in [6.45, 7) is 4.50. The van der Waals surface area contributed by atoms with Crippen LogP contribution in [-0.2, 0) is 9.53 Å². The van der Waals surface area contributed by atoms with Crippen molar-refractivity contribution in [3.63, 3.8) is 0 Å². The number of guanidine groups is 1. The lowest BCUT2D eigenvalue weighted by Crippen LogP contribution is -2.42. The highest BCUT2D eigenvalue weighted by atomic mass is 127. The number of rotatable bonds is 3. The molecule has 1 rings (SSSR count). The molecule has 5 nitrogen and oxygen atoms in total. The summed E-state index contributed by atoms with van der Waals surface area (Å²) in [4.78, 5) is 17.6. The molecular weight excluding hydrogens is 333 g/mol. The standard InChI is InChI=1S/C11H21N3O2.HI/c1-9(10(15)16-3)8-13-11(12-2)14-6-4-5-7-14;/h9H,4-8H2,1-3H3,(H,12,13);1H. The molecule has 0 spiro atoms. The maximum absolute atomic E-state index is 11.2. The summed E-state index contributed by atoms with van der Waals surface area (Å²) in [5.74, 6) is 0.544. The number of carbonyl (C=O) groups excluding carboxylic acids is 1. The lowest BCUT2D eigenvalue weighted by Gasteiger charge is -2.21. The molecule has 1 unspecified atom stereocenters. The molecule has 17 heavy (non-hydrogen) atoms. The molecule has 1 heterocycles. The zero-order chi connectivity index (χ0) is 12.0. The highest BCUT2D eigenvalue weighted by molar-refractivity contribution is 14.0. The van der Waals surface area contributed by atoms with Crippen molar-refractivity contribution in [2.24, 2.45) is 10.9 Å².